The van der Waals surface area contributed by atoms with Gasteiger partial charge in [-0.15, -0.1) is 11.8 Å². The Kier molecular flexibility index (Phi) is 3.80. The minimum atomic E-state index is -0.0610. The first-order valence-corrected chi connectivity index (χ1v) is 9.69. The molecule has 4 heteroatoms. The van der Waals surface area contributed by atoms with Gasteiger partial charge in [0, 0.05) is 26.9 Å². The van der Waals surface area contributed by atoms with Gasteiger partial charge in [-0.1, -0.05) is 42.5 Å². The molecule has 132 valence electrons. The Balaban J connectivity index is 1.81. The molecule has 1 aliphatic heterocycles. The lowest BCUT2D eigenvalue weighted by molar-refractivity contribution is 0.414. The number of aromatic amines is 1. The van der Waals surface area contributed by atoms with Gasteiger partial charge in [-0.05, 0) is 35.9 Å². The lowest BCUT2D eigenvalue weighted by Crippen LogP contribution is -2.19. The number of hydrogen-bond acceptors (Lipinski definition) is 3. The second-order valence-electron chi connectivity index (χ2n) is 6.56. The smallest absolute Gasteiger partial charge is 0.194 e. The summed E-state index contributed by atoms with van der Waals surface area (Å²) >= 11 is 1.73. The predicted molar refractivity (Wildman–Crippen MR) is 111 cm³/mol. The fourth-order valence-electron chi connectivity index (χ4n) is 3.69. The zero-order chi connectivity index (χ0) is 18.4. The number of thioether (sulfide) groups is 1. The molecule has 0 aliphatic carbocycles. The Bertz CT molecular complexity index is 1210. The Morgan fingerprint density at radius 2 is 1.67 bits per heavy atom. The van der Waals surface area contributed by atoms with Crippen molar-refractivity contribution in [1.82, 2.24) is 4.98 Å². The van der Waals surface area contributed by atoms with Gasteiger partial charge in [-0.2, -0.15) is 0 Å². The van der Waals surface area contributed by atoms with E-state index in [1.165, 1.54) is 4.90 Å². The summed E-state index contributed by atoms with van der Waals surface area (Å²) in [4.78, 5) is 18.1. The van der Waals surface area contributed by atoms with Gasteiger partial charge in [-0.3, -0.25) is 4.79 Å². The highest BCUT2D eigenvalue weighted by Crippen LogP contribution is 2.50. The van der Waals surface area contributed by atoms with Gasteiger partial charge < -0.3 is 9.72 Å². The number of aromatic nitrogens is 1. The first-order chi connectivity index (χ1) is 13.3. The quantitative estimate of drug-likeness (QED) is 0.513. The summed E-state index contributed by atoms with van der Waals surface area (Å²) in [5.74, 6) is 0.813. The van der Waals surface area contributed by atoms with Crippen molar-refractivity contribution in [2.75, 3.05) is 7.11 Å². The van der Waals surface area contributed by atoms with E-state index in [-0.39, 0.29) is 10.7 Å². The summed E-state index contributed by atoms with van der Waals surface area (Å²) in [5, 5.41) is 0.670. The number of H-pyrrole nitrogens is 1. The van der Waals surface area contributed by atoms with Crippen LogP contribution in [0.5, 0.6) is 5.75 Å². The molecule has 0 saturated carbocycles. The molecule has 1 aromatic heterocycles. The highest BCUT2D eigenvalue weighted by atomic mass is 32.2. The van der Waals surface area contributed by atoms with Crippen LogP contribution in [0.4, 0.5) is 0 Å². The molecule has 0 bridgehead atoms. The van der Waals surface area contributed by atoms with Crippen LogP contribution in [-0.2, 0) is 0 Å². The van der Waals surface area contributed by atoms with Crippen molar-refractivity contribution < 1.29 is 4.74 Å². The van der Waals surface area contributed by atoms with E-state index in [1.807, 2.05) is 60.7 Å². The van der Waals surface area contributed by atoms with Crippen LogP contribution in [-0.4, -0.2) is 12.1 Å². The molecule has 27 heavy (non-hydrogen) atoms. The number of methoxy groups -OCH3 is 1. The average Bonchev–Trinajstić information content (AvgIpc) is 2.73. The van der Waals surface area contributed by atoms with Crippen molar-refractivity contribution in [3.8, 4) is 17.0 Å². The molecule has 3 aromatic carbocycles. The summed E-state index contributed by atoms with van der Waals surface area (Å²) in [6, 6.07) is 24.0. The van der Waals surface area contributed by atoms with Gasteiger partial charge >= 0.3 is 0 Å². The molecule has 2 heterocycles. The Hall–Kier alpha value is -2.98. The third kappa shape index (κ3) is 2.56. The molecule has 1 unspecified atom stereocenters. The molecule has 1 N–H and O–H groups in total. The van der Waals surface area contributed by atoms with Gasteiger partial charge in [-0.25, -0.2) is 0 Å². The lowest BCUT2D eigenvalue weighted by Gasteiger charge is -2.27. The average molecular weight is 371 g/mol. The Labute approximate surface area is 161 Å². The molecule has 1 aliphatic rings. The zero-order valence-electron chi connectivity index (χ0n) is 14.7. The van der Waals surface area contributed by atoms with Gasteiger partial charge in [0.2, 0.25) is 0 Å². The van der Waals surface area contributed by atoms with Crippen LogP contribution in [0.25, 0.3) is 22.2 Å². The number of fused-ring (bicyclic) bond motifs is 4. The highest BCUT2D eigenvalue weighted by Gasteiger charge is 2.30. The summed E-state index contributed by atoms with van der Waals surface area (Å²) < 4.78 is 5.29. The standard InChI is InChI=1S/C23H17NO2S/c1-26-15-12-10-14(11-13-15)23-20-21(17-7-3-5-9-19(17)27-23)24-18-8-4-2-6-16(18)22(20)25/h2-13,23H,1H3,(H,24,25). The van der Waals surface area contributed by atoms with Crippen molar-refractivity contribution in [1.29, 1.82) is 0 Å². The third-order valence-electron chi connectivity index (χ3n) is 5.03. The van der Waals surface area contributed by atoms with Crippen molar-refractivity contribution in [3.63, 3.8) is 0 Å². The third-order valence-corrected chi connectivity index (χ3v) is 6.38. The van der Waals surface area contributed by atoms with E-state index in [2.05, 4.69) is 17.1 Å². The fraction of sp³-hybridized carbons (Fsp3) is 0.0870. The topological polar surface area (TPSA) is 42.1 Å². The molecule has 0 saturated heterocycles. The second-order valence-corrected chi connectivity index (χ2v) is 7.70. The number of rotatable bonds is 2. The molecular weight excluding hydrogens is 354 g/mol. The zero-order valence-corrected chi connectivity index (χ0v) is 15.5. The Morgan fingerprint density at radius 1 is 0.926 bits per heavy atom. The SMILES string of the molecule is COc1ccc(C2Sc3ccccc3-c3[nH]c4ccccc4c(=O)c32)cc1. The van der Waals surface area contributed by atoms with Crippen LogP contribution >= 0.6 is 11.8 Å². The van der Waals surface area contributed by atoms with E-state index in [9.17, 15) is 4.79 Å². The van der Waals surface area contributed by atoms with E-state index in [1.54, 1.807) is 18.9 Å². The van der Waals surface area contributed by atoms with Crippen LogP contribution in [0.3, 0.4) is 0 Å². The van der Waals surface area contributed by atoms with Crippen LogP contribution < -0.4 is 10.2 Å². The van der Waals surface area contributed by atoms with Crippen LogP contribution in [0, 0.1) is 0 Å². The normalized spacial score (nSPS) is 15.2. The van der Waals surface area contributed by atoms with E-state index < -0.39 is 0 Å². The minimum absolute atomic E-state index is 0.0610. The Morgan fingerprint density at radius 3 is 2.48 bits per heavy atom. The molecule has 1 atom stereocenters. The van der Waals surface area contributed by atoms with Crippen LogP contribution in [0.1, 0.15) is 16.4 Å². The molecule has 0 amide bonds. The van der Waals surface area contributed by atoms with Gasteiger partial charge in [0.05, 0.1) is 18.1 Å². The first kappa shape index (κ1) is 16.2. The number of nitrogens with one attached hydrogen (secondary N) is 1. The number of hydrogen-bond donors (Lipinski definition) is 1. The maximum Gasteiger partial charge on any atom is 0.194 e. The maximum atomic E-state index is 13.4. The summed E-state index contributed by atoms with van der Waals surface area (Å²) in [6.45, 7) is 0. The lowest BCUT2D eigenvalue weighted by atomic mass is 9.95. The molecule has 5 rings (SSSR count). The molecule has 0 spiro atoms. The number of benzene rings is 3. The number of pyridine rings is 1. The summed E-state index contributed by atoms with van der Waals surface area (Å²) in [5.41, 5.74) is 4.90. The molecule has 0 radical (unpaired) electrons. The van der Waals surface area contributed by atoms with Gasteiger partial charge in [0.25, 0.3) is 0 Å². The van der Waals surface area contributed by atoms with Crippen molar-refractivity contribution in [3.05, 3.63) is 94.1 Å². The van der Waals surface area contributed by atoms with Crippen molar-refractivity contribution in [2.45, 2.75) is 10.1 Å². The number of para-hydroxylation sites is 1. The molecular formula is C23H17NO2S. The van der Waals surface area contributed by atoms with Crippen LogP contribution in [0.15, 0.2) is 82.5 Å². The minimum Gasteiger partial charge on any atom is -0.497 e. The van der Waals surface area contributed by atoms with E-state index in [0.29, 0.717) is 0 Å². The first-order valence-electron chi connectivity index (χ1n) is 8.81. The molecule has 4 aromatic rings. The largest absolute Gasteiger partial charge is 0.497 e. The monoisotopic (exact) mass is 371 g/mol. The highest BCUT2D eigenvalue weighted by molar-refractivity contribution is 8.00. The number of ether oxygens (including phenoxy) is 1. The summed E-state index contributed by atoms with van der Waals surface area (Å²) in [6.07, 6.45) is 0. The molecule has 0 fully saturated rings. The van der Waals surface area contributed by atoms with E-state index >= 15 is 0 Å². The van der Waals surface area contributed by atoms with Gasteiger partial charge in [0.1, 0.15) is 5.75 Å². The fourth-order valence-corrected chi connectivity index (χ4v) is 5.03. The van der Waals surface area contributed by atoms with Crippen molar-refractivity contribution in [2.24, 2.45) is 0 Å². The van der Waals surface area contributed by atoms with E-state index in [0.717, 1.165) is 39.0 Å². The van der Waals surface area contributed by atoms with E-state index in [4.69, 9.17) is 4.74 Å². The molecule has 3 nitrogen and oxygen atoms in total. The second kappa shape index (κ2) is 6.32. The summed E-state index contributed by atoms with van der Waals surface area (Å²) in [7, 11) is 1.66. The predicted octanol–water partition coefficient (Wildman–Crippen LogP) is 5.40. The van der Waals surface area contributed by atoms with Crippen molar-refractivity contribution >= 4 is 22.7 Å². The van der Waals surface area contributed by atoms with Crippen LogP contribution in [0.2, 0.25) is 0 Å². The maximum absolute atomic E-state index is 13.4. The van der Waals surface area contributed by atoms with Gasteiger partial charge in [0.15, 0.2) is 5.43 Å².